The third kappa shape index (κ3) is 4.65. The van der Waals surface area contributed by atoms with E-state index in [0.29, 0.717) is 17.9 Å². The molecule has 0 radical (unpaired) electrons. The van der Waals surface area contributed by atoms with Gasteiger partial charge in [0.2, 0.25) is 17.5 Å². The van der Waals surface area contributed by atoms with Crippen LogP contribution < -0.4 is 33.8 Å². The number of aromatic nitrogens is 1. The van der Waals surface area contributed by atoms with Gasteiger partial charge in [-0.25, -0.2) is 4.98 Å². The van der Waals surface area contributed by atoms with Crippen molar-refractivity contribution >= 4 is 28.9 Å². The van der Waals surface area contributed by atoms with Gasteiger partial charge in [0.15, 0.2) is 0 Å². The maximum absolute atomic E-state index is 11.3. The van der Waals surface area contributed by atoms with Gasteiger partial charge in [-0.15, -0.1) is 0 Å². The predicted molar refractivity (Wildman–Crippen MR) is 80.8 cm³/mol. The normalized spacial score (nSPS) is 9.62. The van der Waals surface area contributed by atoms with Crippen LogP contribution in [0.1, 0.15) is 18.9 Å². The molecule has 0 fully saturated rings. The first-order valence-electron chi connectivity index (χ1n) is 6.54. The maximum atomic E-state index is 11.3. The molecule has 2 rings (SSSR count). The SMILES string of the molecule is CCC(=O)Nc1ccc(Nc2ccc(C)cc2)[nH+]c1N.[Cl-]. The summed E-state index contributed by atoms with van der Waals surface area (Å²) in [7, 11) is 0. The molecule has 112 valence electrons. The molecule has 0 spiro atoms. The molecule has 1 aromatic heterocycles. The minimum Gasteiger partial charge on any atom is -1.00 e. The molecule has 0 atom stereocenters. The summed E-state index contributed by atoms with van der Waals surface area (Å²) in [5.41, 5.74) is 8.66. The quantitative estimate of drug-likeness (QED) is 0.711. The van der Waals surface area contributed by atoms with Gasteiger partial charge >= 0.3 is 0 Å². The molecule has 1 amide bonds. The average molecular weight is 307 g/mol. The minimum absolute atomic E-state index is 0. The van der Waals surface area contributed by atoms with E-state index in [0.717, 1.165) is 11.5 Å². The van der Waals surface area contributed by atoms with Crippen molar-refractivity contribution in [2.45, 2.75) is 20.3 Å². The van der Waals surface area contributed by atoms with E-state index < -0.39 is 0 Å². The fraction of sp³-hybridized carbons (Fsp3) is 0.200. The number of anilines is 4. The van der Waals surface area contributed by atoms with Crippen LogP contribution >= 0.6 is 0 Å². The molecule has 21 heavy (non-hydrogen) atoms. The molecule has 0 saturated heterocycles. The van der Waals surface area contributed by atoms with Crippen molar-refractivity contribution in [1.29, 1.82) is 0 Å². The summed E-state index contributed by atoms with van der Waals surface area (Å²) in [6.07, 6.45) is 0.419. The number of hydrogen-bond donors (Lipinski definition) is 3. The zero-order valence-electron chi connectivity index (χ0n) is 12.0. The molecule has 0 aliphatic rings. The number of nitrogen functional groups attached to an aromatic ring is 1. The Hall–Kier alpha value is -2.27. The zero-order valence-corrected chi connectivity index (χ0v) is 12.8. The van der Waals surface area contributed by atoms with Crippen LogP contribution in [0.3, 0.4) is 0 Å². The van der Waals surface area contributed by atoms with E-state index in [-0.39, 0.29) is 18.3 Å². The number of pyridine rings is 1. The van der Waals surface area contributed by atoms with Crippen LogP contribution in [0.5, 0.6) is 0 Å². The van der Waals surface area contributed by atoms with Crippen LogP contribution in [0, 0.1) is 6.92 Å². The van der Waals surface area contributed by atoms with Crippen LogP contribution in [0.25, 0.3) is 0 Å². The van der Waals surface area contributed by atoms with Gasteiger partial charge in [0.05, 0.1) is 5.69 Å². The van der Waals surface area contributed by atoms with Crippen molar-refractivity contribution in [2.24, 2.45) is 0 Å². The fourth-order valence-electron chi connectivity index (χ4n) is 1.72. The van der Waals surface area contributed by atoms with Crippen LogP contribution in [0.4, 0.5) is 23.0 Å². The van der Waals surface area contributed by atoms with Crippen molar-refractivity contribution in [3.63, 3.8) is 0 Å². The van der Waals surface area contributed by atoms with Crippen molar-refractivity contribution in [2.75, 3.05) is 16.4 Å². The van der Waals surface area contributed by atoms with E-state index in [1.807, 2.05) is 37.3 Å². The number of hydrogen-bond acceptors (Lipinski definition) is 3. The van der Waals surface area contributed by atoms with E-state index in [2.05, 4.69) is 15.6 Å². The van der Waals surface area contributed by atoms with E-state index in [1.165, 1.54) is 5.56 Å². The summed E-state index contributed by atoms with van der Waals surface area (Å²) in [6.45, 7) is 3.83. The average Bonchev–Trinajstić information content (AvgIpc) is 2.44. The van der Waals surface area contributed by atoms with Gasteiger partial charge in [0, 0.05) is 12.5 Å². The second-order valence-corrected chi connectivity index (χ2v) is 4.59. The monoisotopic (exact) mass is 306 g/mol. The van der Waals surface area contributed by atoms with E-state index >= 15 is 0 Å². The first-order chi connectivity index (χ1) is 9.58. The minimum atomic E-state index is -0.0654. The molecule has 1 aromatic carbocycles. The number of aromatic amines is 1. The van der Waals surface area contributed by atoms with Gasteiger partial charge in [0.1, 0.15) is 5.69 Å². The van der Waals surface area contributed by atoms with E-state index in [4.69, 9.17) is 5.73 Å². The smallest absolute Gasteiger partial charge is 0.241 e. The Morgan fingerprint density at radius 3 is 2.43 bits per heavy atom. The van der Waals surface area contributed by atoms with Crippen molar-refractivity contribution in [3.05, 3.63) is 42.0 Å². The second-order valence-electron chi connectivity index (χ2n) is 4.59. The number of amides is 1. The van der Waals surface area contributed by atoms with Crippen LogP contribution in [-0.2, 0) is 4.79 Å². The number of nitrogens with one attached hydrogen (secondary N) is 3. The lowest BCUT2D eigenvalue weighted by Gasteiger charge is -2.06. The van der Waals surface area contributed by atoms with E-state index in [1.54, 1.807) is 13.0 Å². The first kappa shape index (κ1) is 16.8. The number of halogens is 1. The maximum Gasteiger partial charge on any atom is 0.241 e. The molecule has 5 N–H and O–H groups in total. The summed E-state index contributed by atoms with van der Waals surface area (Å²) in [6, 6.07) is 11.7. The highest BCUT2D eigenvalue weighted by atomic mass is 35.5. The Bertz CT molecular complexity index is 614. The fourth-order valence-corrected chi connectivity index (χ4v) is 1.72. The predicted octanol–water partition coefficient (Wildman–Crippen LogP) is -0.513. The number of aryl methyl sites for hydroxylation is 1. The number of carbonyl (C=O) groups excluding carboxylic acids is 1. The van der Waals surface area contributed by atoms with Gasteiger partial charge in [-0.05, 0) is 25.1 Å². The molecule has 6 heteroatoms. The van der Waals surface area contributed by atoms with Crippen LogP contribution in [0.2, 0.25) is 0 Å². The number of benzene rings is 1. The van der Waals surface area contributed by atoms with E-state index in [9.17, 15) is 4.79 Å². The Morgan fingerprint density at radius 1 is 1.19 bits per heavy atom. The molecule has 0 aliphatic carbocycles. The number of carbonyl (C=O) groups is 1. The summed E-state index contributed by atoms with van der Waals surface area (Å²) >= 11 is 0. The molecule has 1 heterocycles. The number of rotatable bonds is 4. The highest BCUT2D eigenvalue weighted by molar-refractivity contribution is 5.92. The summed E-state index contributed by atoms with van der Waals surface area (Å²) in [4.78, 5) is 14.4. The molecular weight excluding hydrogens is 288 g/mol. The zero-order chi connectivity index (χ0) is 14.5. The van der Waals surface area contributed by atoms with Crippen molar-refractivity contribution in [3.8, 4) is 0 Å². The van der Waals surface area contributed by atoms with Gasteiger partial charge < -0.3 is 23.5 Å². The molecular formula is C15H19ClN4O. The van der Waals surface area contributed by atoms with Crippen molar-refractivity contribution < 1.29 is 22.2 Å². The molecule has 5 nitrogen and oxygen atoms in total. The van der Waals surface area contributed by atoms with Crippen molar-refractivity contribution in [1.82, 2.24) is 0 Å². The summed E-state index contributed by atoms with van der Waals surface area (Å²) < 4.78 is 0. The molecule has 0 saturated carbocycles. The standard InChI is InChI=1S/C15H18N4O.ClH/c1-3-14(20)18-12-8-9-13(19-15(12)16)17-11-6-4-10(2)5-7-11;/h4-9H,3H2,1-2H3,(H,18,20)(H3,16,17,19);1H. The summed E-state index contributed by atoms with van der Waals surface area (Å²) in [5.74, 6) is 1.12. The summed E-state index contributed by atoms with van der Waals surface area (Å²) in [5, 5.41) is 5.95. The molecule has 0 aliphatic heterocycles. The Morgan fingerprint density at radius 2 is 1.86 bits per heavy atom. The molecule has 0 bridgehead atoms. The van der Waals surface area contributed by atoms with Gasteiger partial charge in [0.25, 0.3) is 0 Å². The highest BCUT2D eigenvalue weighted by Crippen LogP contribution is 2.18. The highest BCUT2D eigenvalue weighted by Gasteiger charge is 2.09. The van der Waals surface area contributed by atoms with Gasteiger partial charge in [-0.2, -0.15) is 0 Å². The third-order valence-electron chi connectivity index (χ3n) is 2.90. The first-order valence-corrected chi connectivity index (χ1v) is 6.54. The molecule has 2 aromatic rings. The lowest BCUT2D eigenvalue weighted by molar-refractivity contribution is -0.342. The Labute approximate surface area is 130 Å². The Balaban J connectivity index is 0.00000220. The second kappa shape index (κ2) is 7.50. The van der Waals surface area contributed by atoms with Gasteiger partial charge in [-0.1, -0.05) is 24.6 Å². The third-order valence-corrected chi connectivity index (χ3v) is 2.90. The number of nitrogens with two attached hydrogens (primary N) is 1. The molecule has 0 unspecified atom stereocenters. The lowest BCUT2D eigenvalue weighted by Crippen LogP contribution is -3.00. The van der Waals surface area contributed by atoms with Crippen LogP contribution in [-0.4, -0.2) is 5.91 Å². The van der Waals surface area contributed by atoms with Gasteiger partial charge in [-0.3, -0.25) is 10.1 Å². The Kier molecular flexibility index (Phi) is 5.99. The number of H-pyrrole nitrogens is 1. The lowest BCUT2D eigenvalue weighted by atomic mass is 10.2. The van der Waals surface area contributed by atoms with Crippen LogP contribution in [0.15, 0.2) is 36.4 Å². The largest absolute Gasteiger partial charge is 1.00 e. The topological polar surface area (TPSA) is 81.3 Å².